The Balaban J connectivity index is 1.85. The van der Waals surface area contributed by atoms with Crippen LogP contribution in [0.5, 0.6) is 0 Å². The highest BCUT2D eigenvalue weighted by atomic mass is 16.3. The molecule has 2 atom stereocenters. The van der Waals surface area contributed by atoms with E-state index in [1.807, 2.05) is 0 Å². The molecule has 2 rings (SSSR count). The second-order valence-corrected chi connectivity index (χ2v) is 5.42. The maximum atomic E-state index is 9.40. The molecule has 18 heavy (non-hydrogen) atoms. The summed E-state index contributed by atoms with van der Waals surface area (Å²) in [5, 5.41) is 12.9. The Morgan fingerprint density at radius 3 is 2.39 bits per heavy atom. The van der Waals surface area contributed by atoms with Crippen LogP contribution in [0.25, 0.3) is 0 Å². The van der Waals surface area contributed by atoms with Crippen molar-refractivity contribution in [3.05, 3.63) is 29.8 Å². The fourth-order valence-corrected chi connectivity index (χ4v) is 2.90. The third kappa shape index (κ3) is 3.49. The number of aliphatic hydroxyl groups is 1. The van der Waals surface area contributed by atoms with Gasteiger partial charge in [0.05, 0.1) is 0 Å². The lowest BCUT2D eigenvalue weighted by Gasteiger charge is -2.30. The van der Waals surface area contributed by atoms with Crippen LogP contribution in [0.1, 0.15) is 38.2 Å². The van der Waals surface area contributed by atoms with E-state index in [-0.39, 0.29) is 0 Å². The van der Waals surface area contributed by atoms with E-state index in [0.717, 1.165) is 13.0 Å². The van der Waals surface area contributed by atoms with Crippen molar-refractivity contribution in [3.63, 3.8) is 0 Å². The standard InChI is InChI=1S/C16H25NO/c1-2-13-7-9-16(10-8-13)17-11-14-5-3-4-6-15(14)12-18/h7-10,14-15,17-18H,2-6,11-12H2,1H3. The van der Waals surface area contributed by atoms with Gasteiger partial charge in [-0.15, -0.1) is 0 Å². The fraction of sp³-hybridized carbons (Fsp3) is 0.625. The Labute approximate surface area is 110 Å². The maximum Gasteiger partial charge on any atom is 0.0462 e. The minimum absolute atomic E-state index is 0.348. The van der Waals surface area contributed by atoms with Crippen LogP contribution in [0.2, 0.25) is 0 Å². The molecule has 0 spiro atoms. The summed E-state index contributed by atoms with van der Waals surface area (Å²) in [6, 6.07) is 8.70. The van der Waals surface area contributed by atoms with Gasteiger partial charge < -0.3 is 10.4 Å². The summed E-state index contributed by atoms with van der Waals surface area (Å²) >= 11 is 0. The topological polar surface area (TPSA) is 32.3 Å². The van der Waals surface area contributed by atoms with E-state index in [1.54, 1.807) is 0 Å². The van der Waals surface area contributed by atoms with Crippen molar-refractivity contribution in [2.24, 2.45) is 11.8 Å². The largest absolute Gasteiger partial charge is 0.396 e. The molecule has 0 saturated heterocycles. The first-order valence-electron chi connectivity index (χ1n) is 7.27. The zero-order valence-electron chi connectivity index (χ0n) is 11.4. The first-order valence-corrected chi connectivity index (χ1v) is 7.27. The van der Waals surface area contributed by atoms with Gasteiger partial charge in [-0.05, 0) is 48.8 Å². The minimum atomic E-state index is 0.348. The van der Waals surface area contributed by atoms with Crippen LogP contribution in [0, 0.1) is 11.8 Å². The number of rotatable bonds is 5. The van der Waals surface area contributed by atoms with Gasteiger partial charge in [0, 0.05) is 18.8 Å². The minimum Gasteiger partial charge on any atom is -0.396 e. The fourth-order valence-electron chi connectivity index (χ4n) is 2.90. The second kappa shape index (κ2) is 6.79. The molecule has 2 heteroatoms. The molecule has 0 heterocycles. The summed E-state index contributed by atoms with van der Waals surface area (Å²) in [5.41, 5.74) is 2.58. The first-order chi connectivity index (χ1) is 8.83. The number of benzene rings is 1. The lowest BCUT2D eigenvalue weighted by atomic mass is 9.79. The molecule has 2 nitrogen and oxygen atoms in total. The van der Waals surface area contributed by atoms with Gasteiger partial charge in [0.15, 0.2) is 0 Å². The number of nitrogens with one attached hydrogen (secondary N) is 1. The van der Waals surface area contributed by atoms with E-state index in [0.29, 0.717) is 18.4 Å². The molecular weight excluding hydrogens is 222 g/mol. The predicted molar refractivity (Wildman–Crippen MR) is 76.8 cm³/mol. The van der Waals surface area contributed by atoms with Crippen molar-refractivity contribution in [2.75, 3.05) is 18.5 Å². The van der Waals surface area contributed by atoms with Crippen LogP contribution < -0.4 is 5.32 Å². The SMILES string of the molecule is CCc1ccc(NCC2CCCCC2CO)cc1. The molecule has 1 aromatic carbocycles. The van der Waals surface area contributed by atoms with Crippen LogP contribution in [0.4, 0.5) is 5.69 Å². The second-order valence-electron chi connectivity index (χ2n) is 5.42. The Kier molecular flexibility index (Phi) is 5.06. The number of aliphatic hydroxyl groups excluding tert-OH is 1. The lowest BCUT2D eigenvalue weighted by molar-refractivity contribution is 0.141. The molecule has 0 amide bonds. The third-order valence-corrected chi connectivity index (χ3v) is 4.23. The number of hydrogen-bond donors (Lipinski definition) is 2. The summed E-state index contributed by atoms with van der Waals surface area (Å²) in [7, 11) is 0. The van der Waals surface area contributed by atoms with Crippen LogP contribution in [-0.4, -0.2) is 18.3 Å². The normalized spacial score (nSPS) is 23.9. The van der Waals surface area contributed by atoms with E-state index in [2.05, 4.69) is 36.5 Å². The Morgan fingerprint density at radius 2 is 1.78 bits per heavy atom. The number of hydrogen-bond acceptors (Lipinski definition) is 2. The molecule has 100 valence electrons. The summed E-state index contributed by atoms with van der Waals surface area (Å²) in [4.78, 5) is 0. The molecule has 1 fully saturated rings. The molecule has 1 aliphatic carbocycles. The van der Waals surface area contributed by atoms with Gasteiger partial charge in [-0.25, -0.2) is 0 Å². The van der Waals surface area contributed by atoms with Crippen molar-refractivity contribution in [1.82, 2.24) is 0 Å². The number of anilines is 1. The highest BCUT2D eigenvalue weighted by Gasteiger charge is 2.23. The Hall–Kier alpha value is -1.02. The van der Waals surface area contributed by atoms with Gasteiger partial charge in [-0.2, -0.15) is 0 Å². The quantitative estimate of drug-likeness (QED) is 0.835. The van der Waals surface area contributed by atoms with E-state index >= 15 is 0 Å². The van der Waals surface area contributed by atoms with E-state index in [1.165, 1.54) is 36.9 Å². The molecular formula is C16H25NO. The predicted octanol–water partition coefficient (Wildman–Crippen LogP) is 3.46. The van der Waals surface area contributed by atoms with E-state index in [4.69, 9.17) is 0 Å². The highest BCUT2D eigenvalue weighted by Crippen LogP contribution is 2.29. The van der Waals surface area contributed by atoms with Crippen LogP contribution >= 0.6 is 0 Å². The summed E-state index contributed by atoms with van der Waals surface area (Å²) in [6.07, 6.45) is 6.14. The first kappa shape index (κ1) is 13.4. The average molecular weight is 247 g/mol. The molecule has 0 radical (unpaired) electrons. The van der Waals surface area contributed by atoms with Gasteiger partial charge in [0.2, 0.25) is 0 Å². The zero-order valence-corrected chi connectivity index (χ0v) is 11.4. The molecule has 1 aromatic rings. The van der Waals surface area contributed by atoms with Crippen molar-refractivity contribution in [3.8, 4) is 0 Å². The van der Waals surface area contributed by atoms with Crippen LogP contribution in [0.3, 0.4) is 0 Å². The molecule has 2 N–H and O–H groups in total. The van der Waals surface area contributed by atoms with Crippen LogP contribution in [0.15, 0.2) is 24.3 Å². The summed E-state index contributed by atoms with van der Waals surface area (Å²) in [6.45, 7) is 3.52. The Morgan fingerprint density at radius 1 is 1.11 bits per heavy atom. The molecule has 2 unspecified atom stereocenters. The van der Waals surface area contributed by atoms with Crippen molar-refractivity contribution >= 4 is 5.69 Å². The maximum absolute atomic E-state index is 9.40. The highest BCUT2D eigenvalue weighted by molar-refractivity contribution is 5.44. The van der Waals surface area contributed by atoms with Gasteiger partial charge in [0.1, 0.15) is 0 Å². The molecule has 0 aromatic heterocycles. The van der Waals surface area contributed by atoms with Gasteiger partial charge in [-0.3, -0.25) is 0 Å². The third-order valence-electron chi connectivity index (χ3n) is 4.23. The van der Waals surface area contributed by atoms with Gasteiger partial charge >= 0.3 is 0 Å². The molecule has 0 aliphatic heterocycles. The van der Waals surface area contributed by atoms with Crippen molar-refractivity contribution in [1.29, 1.82) is 0 Å². The smallest absolute Gasteiger partial charge is 0.0462 e. The van der Waals surface area contributed by atoms with Crippen molar-refractivity contribution in [2.45, 2.75) is 39.0 Å². The summed E-state index contributed by atoms with van der Waals surface area (Å²) in [5.74, 6) is 1.13. The average Bonchev–Trinajstić information content (AvgIpc) is 2.46. The van der Waals surface area contributed by atoms with E-state index < -0.39 is 0 Å². The Bertz CT molecular complexity index is 347. The van der Waals surface area contributed by atoms with Crippen LogP contribution in [-0.2, 0) is 6.42 Å². The van der Waals surface area contributed by atoms with Gasteiger partial charge in [-0.1, -0.05) is 31.9 Å². The van der Waals surface area contributed by atoms with Crippen molar-refractivity contribution < 1.29 is 5.11 Å². The lowest BCUT2D eigenvalue weighted by Crippen LogP contribution is -2.28. The van der Waals surface area contributed by atoms with Gasteiger partial charge in [0.25, 0.3) is 0 Å². The summed E-state index contributed by atoms with van der Waals surface area (Å²) < 4.78 is 0. The number of aryl methyl sites for hydroxylation is 1. The zero-order chi connectivity index (χ0) is 12.8. The molecule has 1 aliphatic rings. The van der Waals surface area contributed by atoms with E-state index in [9.17, 15) is 5.11 Å². The monoisotopic (exact) mass is 247 g/mol. The molecule has 1 saturated carbocycles. The molecule has 0 bridgehead atoms.